The topological polar surface area (TPSA) is 60.4 Å². The number of halogens is 1. The molecule has 0 saturated carbocycles. The summed E-state index contributed by atoms with van der Waals surface area (Å²) in [4.78, 5) is 23.5. The third-order valence-electron chi connectivity index (χ3n) is 2.60. The maximum absolute atomic E-state index is 11.4. The Balaban J connectivity index is 0.00000112. The summed E-state index contributed by atoms with van der Waals surface area (Å²) in [5.41, 5.74) is 0. The van der Waals surface area contributed by atoms with Crippen molar-refractivity contribution in [1.29, 1.82) is 0 Å². The zero-order valence-corrected chi connectivity index (χ0v) is 13.1. The van der Waals surface area contributed by atoms with E-state index in [1.54, 1.807) is 0 Å². The second-order valence-corrected chi connectivity index (χ2v) is 6.74. The van der Waals surface area contributed by atoms with Crippen molar-refractivity contribution in [2.75, 3.05) is 0 Å². The molecule has 2 aliphatic rings. The molecule has 2 rings (SSSR count). The second kappa shape index (κ2) is 4.22. The van der Waals surface area contributed by atoms with Crippen LogP contribution >= 0.6 is 27.7 Å². The van der Waals surface area contributed by atoms with Crippen LogP contribution in [0.5, 0.6) is 0 Å². The van der Waals surface area contributed by atoms with Crippen molar-refractivity contribution in [1.82, 2.24) is 4.90 Å². The largest absolute Gasteiger partial charge is 1.00 e. The van der Waals surface area contributed by atoms with Crippen molar-refractivity contribution in [2.24, 2.45) is 0 Å². The SMILES string of the molecule is CC1(C)S[C@@H]2C(Br)C(=O)N2[C@H]1C(=O)[O-].[Na+]. The summed E-state index contributed by atoms with van der Waals surface area (Å²) in [5.74, 6) is -1.32. The molecular formula is C8H9BrNNaO3S. The molecule has 0 radical (unpaired) electrons. The van der Waals surface area contributed by atoms with Gasteiger partial charge < -0.3 is 14.8 Å². The zero-order chi connectivity index (χ0) is 10.7. The fourth-order valence-corrected chi connectivity index (χ4v) is 4.30. The minimum Gasteiger partial charge on any atom is -0.548 e. The molecule has 0 aromatic carbocycles. The predicted octanol–water partition coefficient (Wildman–Crippen LogP) is -3.43. The van der Waals surface area contributed by atoms with Crippen LogP contribution in [0.15, 0.2) is 0 Å². The first kappa shape index (κ1) is 13.8. The number of carboxylic acid groups (broad SMARTS) is 1. The summed E-state index contributed by atoms with van der Waals surface area (Å²) in [5, 5.41) is 10.9. The Labute approximate surface area is 123 Å². The smallest absolute Gasteiger partial charge is 0.548 e. The van der Waals surface area contributed by atoms with Crippen molar-refractivity contribution in [2.45, 2.75) is 34.8 Å². The number of carbonyl (C=O) groups is 2. The van der Waals surface area contributed by atoms with Gasteiger partial charge in [-0.2, -0.15) is 0 Å². The van der Waals surface area contributed by atoms with E-state index in [-0.39, 0.29) is 45.7 Å². The Kier molecular flexibility index (Phi) is 3.89. The van der Waals surface area contributed by atoms with Gasteiger partial charge in [-0.1, -0.05) is 15.9 Å². The second-order valence-electron chi connectivity index (χ2n) is 3.98. The minimum absolute atomic E-state index is 0. The van der Waals surface area contributed by atoms with E-state index < -0.39 is 16.8 Å². The quantitative estimate of drug-likeness (QED) is 0.287. The van der Waals surface area contributed by atoms with Crippen LogP contribution in [-0.4, -0.2) is 37.8 Å². The standard InChI is InChI=1S/C8H10BrNO3S.Na/c1-8(2)4(7(12)13)10-5(11)3(9)6(10)14-8;/h3-4,6H,1-2H3,(H,12,13);/q;+1/p-1/t3?,4-,6+;/m0./s1. The number of amides is 1. The summed E-state index contributed by atoms with van der Waals surface area (Å²) in [7, 11) is 0. The molecule has 0 aliphatic carbocycles. The van der Waals surface area contributed by atoms with Crippen LogP contribution in [-0.2, 0) is 9.59 Å². The molecular weight excluding hydrogens is 293 g/mol. The van der Waals surface area contributed by atoms with Crippen molar-refractivity contribution in [3.8, 4) is 0 Å². The van der Waals surface area contributed by atoms with Gasteiger partial charge in [0.05, 0.1) is 12.0 Å². The molecule has 0 bridgehead atoms. The number of aliphatic carboxylic acids is 1. The molecule has 0 aromatic heterocycles. The van der Waals surface area contributed by atoms with Gasteiger partial charge in [-0.3, -0.25) is 4.79 Å². The maximum atomic E-state index is 11.4. The number of carboxylic acids is 1. The number of hydrogen-bond donors (Lipinski definition) is 0. The average molecular weight is 302 g/mol. The molecule has 15 heavy (non-hydrogen) atoms. The Bertz CT molecular complexity index is 325. The first-order valence-corrected chi connectivity index (χ1v) is 6.01. The fourth-order valence-electron chi connectivity index (χ4n) is 1.95. The van der Waals surface area contributed by atoms with Gasteiger partial charge in [0.1, 0.15) is 10.2 Å². The number of alkyl halides is 1. The Morgan fingerprint density at radius 1 is 1.60 bits per heavy atom. The van der Waals surface area contributed by atoms with Crippen LogP contribution in [0.25, 0.3) is 0 Å². The summed E-state index contributed by atoms with van der Waals surface area (Å²) in [6.07, 6.45) is 0. The first-order chi connectivity index (χ1) is 6.36. The number of fused-ring (bicyclic) bond motifs is 1. The van der Waals surface area contributed by atoms with E-state index in [1.807, 2.05) is 13.8 Å². The van der Waals surface area contributed by atoms with E-state index in [0.717, 1.165) is 0 Å². The van der Waals surface area contributed by atoms with Crippen LogP contribution in [0.2, 0.25) is 0 Å². The number of rotatable bonds is 1. The Morgan fingerprint density at radius 3 is 2.60 bits per heavy atom. The van der Waals surface area contributed by atoms with Crippen molar-refractivity contribution in [3.05, 3.63) is 0 Å². The number of hydrogen-bond acceptors (Lipinski definition) is 4. The van der Waals surface area contributed by atoms with Crippen molar-refractivity contribution < 1.29 is 44.3 Å². The minimum atomic E-state index is -1.17. The van der Waals surface area contributed by atoms with Crippen LogP contribution < -0.4 is 34.7 Å². The molecule has 0 spiro atoms. The van der Waals surface area contributed by atoms with Gasteiger partial charge in [0, 0.05) is 4.75 Å². The zero-order valence-electron chi connectivity index (χ0n) is 8.69. The summed E-state index contributed by atoms with van der Waals surface area (Å²) < 4.78 is -0.471. The van der Waals surface area contributed by atoms with Crippen molar-refractivity contribution >= 4 is 39.6 Å². The van der Waals surface area contributed by atoms with E-state index >= 15 is 0 Å². The number of thioether (sulfide) groups is 1. The normalized spacial score (nSPS) is 36.6. The summed E-state index contributed by atoms with van der Waals surface area (Å²) >= 11 is 4.74. The van der Waals surface area contributed by atoms with Gasteiger partial charge in [-0.25, -0.2) is 0 Å². The van der Waals surface area contributed by atoms with E-state index in [2.05, 4.69) is 15.9 Å². The van der Waals surface area contributed by atoms with Gasteiger partial charge in [-0.05, 0) is 13.8 Å². The third kappa shape index (κ3) is 1.88. The van der Waals surface area contributed by atoms with Gasteiger partial charge in [0.25, 0.3) is 0 Å². The van der Waals surface area contributed by atoms with Gasteiger partial charge >= 0.3 is 29.6 Å². The van der Waals surface area contributed by atoms with Crippen molar-refractivity contribution in [3.63, 3.8) is 0 Å². The molecule has 0 aromatic rings. The molecule has 1 amide bonds. The molecule has 78 valence electrons. The fraction of sp³-hybridized carbons (Fsp3) is 0.750. The van der Waals surface area contributed by atoms with Crippen LogP contribution in [0.1, 0.15) is 13.8 Å². The molecule has 1 unspecified atom stereocenters. The maximum Gasteiger partial charge on any atom is 1.00 e. The first-order valence-electron chi connectivity index (χ1n) is 4.21. The number of carbonyl (C=O) groups excluding carboxylic acids is 2. The molecule has 2 saturated heterocycles. The molecule has 0 N–H and O–H groups in total. The monoisotopic (exact) mass is 301 g/mol. The van der Waals surface area contributed by atoms with Crippen LogP contribution in [0, 0.1) is 0 Å². The van der Waals surface area contributed by atoms with Gasteiger partial charge in [0.15, 0.2) is 0 Å². The van der Waals surface area contributed by atoms with Crippen LogP contribution in [0.4, 0.5) is 0 Å². The van der Waals surface area contributed by atoms with Crippen LogP contribution in [0.3, 0.4) is 0 Å². The molecule has 4 nitrogen and oxygen atoms in total. The van der Waals surface area contributed by atoms with Gasteiger partial charge in [-0.15, -0.1) is 11.8 Å². The molecule has 2 heterocycles. The summed E-state index contributed by atoms with van der Waals surface area (Å²) in [6.45, 7) is 3.65. The molecule has 2 fully saturated rings. The predicted molar refractivity (Wildman–Crippen MR) is 53.8 cm³/mol. The average Bonchev–Trinajstić information content (AvgIpc) is 2.34. The van der Waals surface area contributed by atoms with E-state index in [4.69, 9.17) is 0 Å². The third-order valence-corrected chi connectivity index (χ3v) is 5.41. The number of β-lactam (4-membered cyclic amide) rings is 1. The summed E-state index contributed by atoms with van der Waals surface area (Å²) in [6, 6.07) is -0.807. The van der Waals surface area contributed by atoms with E-state index in [0.29, 0.717) is 0 Å². The molecule has 3 atom stereocenters. The Morgan fingerprint density at radius 2 is 2.13 bits per heavy atom. The number of nitrogens with zero attached hydrogens (tertiary/aromatic N) is 1. The van der Waals surface area contributed by atoms with E-state index in [9.17, 15) is 14.7 Å². The molecule has 7 heteroatoms. The molecule has 2 aliphatic heterocycles. The van der Waals surface area contributed by atoms with Gasteiger partial charge in [0.2, 0.25) is 5.91 Å². The Hall–Kier alpha value is 0.770. The van der Waals surface area contributed by atoms with E-state index in [1.165, 1.54) is 16.7 Å².